The number of fused-ring (bicyclic) bond motifs is 1. The SMILES string of the molecule is Cc1ccc2c(c1)C(NC(=S)Nc1ccc(C)c(Cl)c1)CC(C)(C)O2. The summed E-state index contributed by atoms with van der Waals surface area (Å²) in [6.45, 7) is 8.26. The van der Waals surface area contributed by atoms with Crippen molar-refractivity contribution in [1.82, 2.24) is 5.32 Å². The van der Waals surface area contributed by atoms with E-state index >= 15 is 0 Å². The van der Waals surface area contributed by atoms with Gasteiger partial charge in [0.15, 0.2) is 5.11 Å². The van der Waals surface area contributed by atoms with Gasteiger partial charge in [-0.1, -0.05) is 35.4 Å². The summed E-state index contributed by atoms with van der Waals surface area (Å²) in [6.07, 6.45) is 0.833. The standard InChI is InChI=1S/C20H23ClN2OS/c1-12-5-8-18-15(9-12)17(11-20(3,4)24-18)23-19(25)22-14-7-6-13(2)16(21)10-14/h5-10,17H,11H2,1-4H3,(H2,22,23,25). The normalized spacial score (nSPS) is 18.0. The zero-order valence-corrected chi connectivity index (χ0v) is 16.5. The van der Waals surface area contributed by atoms with E-state index in [-0.39, 0.29) is 11.6 Å². The summed E-state index contributed by atoms with van der Waals surface area (Å²) in [6, 6.07) is 12.2. The topological polar surface area (TPSA) is 33.3 Å². The number of hydrogen-bond acceptors (Lipinski definition) is 2. The summed E-state index contributed by atoms with van der Waals surface area (Å²) in [5, 5.41) is 7.96. The third-order valence-corrected chi connectivity index (χ3v) is 4.98. The van der Waals surface area contributed by atoms with Crippen LogP contribution in [0.1, 0.15) is 43.0 Å². The molecule has 0 bridgehead atoms. The Bertz CT molecular complexity index is 819. The molecular formula is C20H23ClN2OS. The molecule has 2 aromatic rings. The van der Waals surface area contributed by atoms with Crippen LogP contribution in [0, 0.1) is 13.8 Å². The Hall–Kier alpha value is -1.78. The number of nitrogens with one attached hydrogen (secondary N) is 2. The van der Waals surface area contributed by atoms with Gasteiger partial charge in [-0.15, -0.1) is 0 Å². The number of halogens is 1. The van der Waals surface area contributed by atoms with Crippen LogP contribution in [0.15, 0.2) is 36.4 Å². The molecule has 5 heteroatoms. The first-order valence-electron chi connectivity index (χ1n) is 8.37. The molecule has 0 amide bonds. The van der Waals surface area contributed by atoms with Crippen LogP contribution in [0.5, 0.6) is 5.75 Å². The highest BCUT2D eigenvalue weighted by Crippen LogP contribution is 2.39. The lowest BCUT2D eigenvalue weighted by Gasteiger charge is -2.38. The van der Waals surface area contributed by atoms with Gasteiger partial charge in [-0.25, -0.2) is 0 Å². The summed E-state index contributed by atoms with van der Waals surface area (Å²) in [5.41, 5.74) is 4.02. The van der Waals surface area contributed by atoms with E-state index in [4.69, 9.17) is 28.6 Å². The van der Waals surface area contributed by atoms with E-state index in [2.05, 4.69) is 43.5 Å². The molecule has 132 valence electrons. The molecule has 3 nitrogen and oxygen atoms in total. The second-order valence-electron chi connectivity index (χ2n) is 7.22. The minimum Gasteiger partial charge on any atom is -0.487 e. The third kappa shape index (κ3) is 4.25. The molecule has 0 aromatic heterocycles. The van der Waals surface area contributed by atoms with Gasteiger partial charge < -0.3 is 15.4 Å². The maximum absolute atomic E-state index is 6.19. The summed E-state index contributed by atoms with van der Waals surface area (Å²) in [5.74, 6) is 0.917. The summed E-state index contributed by atoms with van der Waals surface area (Å²) >= 11 is 11.7. The van der Waals surface area contributed by atoms with Gasteiger partial charge in [0.2, 0.25) is 0 Å². The van der Waals surface area contributed by atoms with E-state index in [1.807, 2.05) is 31.2 Å². The Balaban J connectivity index is 1.78. The molecule has 1 aliphatic rings. The van der Waals surface area contributed by atoms with Gasteiger partial charge in [-0.3, -0.25) is 0 Å². The van der Waals surface area contributed by atoms with E-state index in [9.17, 15) is 0 Å². The van der Waals surface area contributed by atoms with Crippen molar-refractivity contribution in [2.45, 2.75) is 45.8 Å². The molecule has 3 rings (SSSR count). The lowest BCUT2D eigenvalue weighted by Crippen LogP contribution is -2.42. The monoisotopic (exact) mass is 374 g/mol. The predicted octanol–water partition coefficient (Wildman–Crippen LogP) is 5.55. The molecule has 0 aliphatic carbocycles. The van der Waals surface area contributed by atoms with E-state index < -0.39 is 0 Å². The van der Waals surface area contributed by atoms with Gasteiger partial charge in [0.05, 0.1) is 6.04 Å². The van der Waals surface area contributed by atoms with Gasteiger partial charge in [0, 0.05) is 22.7 Å². The lowest BCUT2D eigenvalue weighted by molar-refractivity contribution is 0.0696. The van der Waals surface area contributed by atoms with Crippen molar-refractivity contribution in [3.8, 4) is 5.75 Å². The Morgan fingerprint density at radius 1 is 1.20 bits per heavy atom. The lowest BCUT2D eigenvalue weighted by atomic mass is 9.89. The Morgan fingerprint density at radius 3 is 2.68 bits per heavy atom. The molecule has 2 aromatic carbocycles. The zero-order valence-electron chi connectivity index (χ0n) is 14.9. The van der Waals surface area contributed by atoms with Crippen molar-refractivity contribution in [3.05, 3.63) is 58.1 Å². The van der Waals surface area contributed by atoms with Crippen molar-refractivity contribution in [2.75, 3.05) is 5.32 Å². The highest BCUT2D eigenvalue weighted by Gasteiger charge is 2.34. The molecular weight excluding hydrogens is 352 g/mol. The smallest absolute Gasteiger partial charge is 0.171 e. The minimum atomic E-state index is -0.247. The molecule has 0 saturated heterocycles. The number of rotatable bonds is 2. The van der Waals surface area contributed by atoms with Crippen LogP contribution in [0.2, 0.25) is 5.02 Å². The number of benzene rings is 2. The second-order valence-corrected chi connectivity index (χ2v) is 8.04. The van der Waals surface area contributed by atoms with Crippen molar-refractivity contribution in [1.29, 1.82) is 0 Å². The molecule has 25 heavy (non-hydrogen) atoms. The molecule has 0 saturated carbocycles. The molecule has 0 fully saturated rings. The van der Waals surface area contributed by atoms with Crippen LogP contribution in [0.25, 0.3) is 0 Å². The molecule has 2 N–H and O–H groups in total. The quantitative estimate of drug-likeness (QED) is 0.675. The molecule has 0 spiro atoms. The van der Waals surface area contributed by atoms with Crippen molar-refractivity contribution < 1.29 is 4.74 Å². The van der Waals surface area contributed by atoms with Crippen molar-refractivity contribution in [3.63, 3.8) is 0 Å². The number of thiocarbonyl (C=S) groups is 1. The Morgan fingerprint density at radius 2 is 1.96 bits per heavy atom. The first-order chi connectivity index (χ1) is 11.7. The number of hydrogen-bond donors (Lipinski definition) is 2. The van der Waals surface area contributed by atoms with Crippen LogP contribution in [-0.4, -0.2) is 10.7 Å². The van der Waals surface area contributed by atoms with Crippen molar-refractivity contribution in [2.24, 2.45) is 0 Å². The van der Waals surface area contributed by atoms with Gasteiger partial charge in [0.1, 0.15) is 11.4 Å². The summed E-state index contributed by atoms with van der Waals surface area (Å²) in [7, 11) is 0. The maximum atomic E-state index is 6.19. The van der Waals surface area contributed by atoms with Crippen LogP contribution in [0.3, 0.4) is 0 Å². The van der Waals surface area contributed by atoms with Gasteiger partial charge >= 0.3 is 0 Å². The Kier molecular flexibility index (Phi) is 4.94. The third-order valence-electron chi connectivity index (χ3n) is 4.36. The molecule has 1 aliphatic heterocycles. The summed E-state index contributed by atoms with van der Waals surface area (Å²) in [4.78, 5) is 0. The van der Waals surface area contributed by atoms with E-state index in [0.29, 0.717) is 5.11 Å². The summed E-state index contributed by atoms with van der Waals surface area (Å²) < 4.78 is 6.11. The fourth-order valence-electron chi connectivity index (χ4n) is 3.10. The predicted molar refractivity (Wildman–Crippen MR) is 109 cm³/mol. The first-order valence-corrected chi connectivity index (χ1v) is 9.15. The van der Waals surface area contributed by atoms with E-state index in [0.717, 1.165) is 34.0 Å². The highest BCUT2D eigenvalue weighted by atomic mass is 35.5. The number of anilines is 1. The molecule has 1 atom stereocenters. The van der Waals surface area contributed by atoms with Crippen LogP contribution in [0.4, 0.5) is 5.69 Å². The Labute approximate surface area is 159 Å². The average Bonchev–Trinajstić information content (AvgIpc) is 2.51. The van der Waals surface area contributed by atoms with Crippen LogP contribution >= 0.6 is 23.8 Å². The number of ether oxygens (including phenoxy) is 1. The average molecular weight is 375 g/mol. The van der Waals surface area contributed by atoms with Crippen LogP contribution in [-0.2, 0) is 0 Å². The molecule has 1 unspecified atom stereocenters. The van der Waals surface area contributed by atoms with Crippen LogP contribution < -0.4 is 15.4 Å². The fourth-order valence-corrected chi connectivity index (χ4v) is 3.54. The largest absolute Gasteiger partial charge is 0.487 e. The van der Waals surface area contributed by atoms with Crippen molar-refractivity contribution >= 4 is 34.6 Å². The van der Waals surface area contributed by atoms with Gasteiger partial charge in [-0.05, 0) is 63.7 Å². The zero-order chi connectivity index (χ0) is 18.2. The maximum Gasteiger partial charge on any atom is 0.171 e. The van der Waals surface area contributed by atoms with Gasteiger partial charge in [-0.2, -0.15) is 0 Å². The van der Waals surface area contributed by atoms with E-state index in [1.165, 1.54) is 5.56 Å². The molecule has 0 radical (unpaired) electrons. The minimum absolute atomic E-state index is 0.0968. The first kappa shape index (κ1) is 18.0. The highest BCUT2D eigenvalue weighted by molar-refractivity contribution is 7.80. The fraction of sp³-hybridized carbons (Fsp3) is 0.350. The second kappa shape index (κ2) is 6.85. The van der Waals surface area contributed by atoms with Gasteiger partial charge in [0.25, 0.3) is 0 Å². The molecule has 1 heterocycles. The van der Waals surface area contributed by atoms with E-state index in [1.54, 1.807) is 0 Å². The number of aryl methyl sites for hydroxylation is 2.